The van der Waals surface area contributed by atoms with Gasteiger partial charge in [-0.25, -0.2) is 15.0 Å². The molecule has 0 saturated carbocycles. The Balaban J connectivity index is 1.65. The highest BCUT2D eigenvalue weighted by atomic mass is 32.1. The van der Waals surface area contributed by atoms with Crippen LogP contribution in [0.3, 0.4) is 0 Å². The van der Waals surface area contributed by atoms with Crippen LogP contribution in [0.2, 0.25) is 0 Å². The van der Waals surface area contributed by atoms with Crippen LogP contribution in [0.4, 0.5) is 18.9 Å². The van der Waals surface area contributed by atoms with E-state index in [1.54, 1.807) is 29.4 Å². The maximum atomic E-state index is 14.1. The monoisotopic (exact) mass is 646 g/mol. The number of nitrogens with one attached hydrogen (secondary N) is 2. The maximum Gasteiger partial charge on any atom is 0.416 e. The average molecular weight is 647 g/mol. The molecule has 0 bridgehead atoms. The topological polar surface area (TPSA) is 88.0 Å². The number of rotatable bonds is 12. The Morgan fingerprint density at radius 1 is 1.07 bits per heavy atom. The molecule has 0 fully saturated rings. The van der Waals surface area contributed by atoms with Gasteiger partial charge in [0.25, 0.3) is 0 Å². The number of anilines is 1. The quantitative estimate of drug-likeness (QED) is 0.121. The van der Waals surface area contributed by atoms with Crippen molar-refractivity contribution in [3.05, 3.63) is 118 Å². The summed E-state index contributed by atoms with van der Waals surface area (Å²) < 4.78 is 42.1. The van der Waals surface area contributed by atoms with Gasteiger partial charge in [0, 0.05) is 37.1 Å². The van der Waals surface area contributed by atoms with Gasteiger partial charge in [-0.1, -0.05) is 62.4 Å². The molecule has 2 N–H and O–H groups in total. The molecular weight excluding hydrogens is 609 g/mol. The Labute approximate surface area is 273 Å². The smallest absolute Gasteiger partial charge is 0.345 e. The first kappa shape index (κ1) is 34.3. The predicted molar refractivity (Wildman–Crippen MR) is 176 cm³/mol. The lowest BCUT2D eigenvalue weighted by Gasteiger charge is -2.36. The zero-order valence-corrected chi connectivity index (χ0v) is 26.9. The number of halogens is 3. The number of benzene rings is 3. The number of imidazole rings is 1. The molecule has 0 aliphatic rings. The molecule has 0 radical (unpaired) electrons. The van der Waals surface area contributed by atoms with Crippen molar-refractivity contribution in [3.63, 3.8) is 0 Å². The number of aromatic nitrogens is 2. The Hall–Kier alpha value is -4.53. The molecule has 240 valence electrons. The minimum absolute atomic E-state index is 0.0438. The first-order chi connectivity index (χ1) is 21.9. The number of hydrazine groups is 1. The number of carbonyl (C=O) groups is 1. The molecule has 0 unspecified atom stereocenters. The molecule has 1 aromatic heterocycles. The molecule has 0 aliphatic heterocycles. The lowest BCUT2D eigenvalue weighted by molar-refractivity contribution is -0.141. The summed E-state index contributed by atoms with van der Waals surface area (Å²) >= 11 is 5.80. The zero-order chi connectivity index (χ0) is 33.3. The van der Waals surface area contributed by atoms with Crippen molar-refractivity contribution in [1.82, 2.24) is 20.0 Å². The number of hydrogen-bond donors (Lipinski definition) is 2. The van der Waals surface area contributed by atoms with Crippen LogP contribution >= 0.6 is 12.2 Å². The summed E-state index contributed by atoms with van der Waals surface area (Å²) in [6.45, 7) is 6.17. The molecule has 0 aliphatic carbocycles. The van der Waals surface area contributed by atoms with Crippen molar-refractivity contribution in [2.75, 3.05) is 11.9 Å². The predicted octanol–water partition coefficient (Wildman–Crippen LogP) is 7.82. The number of thiocarbonyl (C=S) groups is 1. The van der Waals surface area contributed by atoms with E-state index in [1.165, 1.54) is 17.1 Å². The largest absolute Gasteiger partial charge is 0.416 e. The molecule has 1 amide bonds. The summed E-state index contributed by atoms with van der Waals surface area (Å²) in [5.74, 6) is 0.575. The highest BCUT2D eigenvalue weighted by Gasteiger charge is 2.35. The van der Waals surface area contributed by atoms with Crippen LogP contribution in [0.25, 0.3) is 0 Å². The summed E-state index contributed by atoms with van der Waals surface area (Å²) in [6.07, 6.45) is -1.17. The van der Waals surface area contributed by atoms with E-state index < -0.39 is 17.6 Å². The molecule has 3 aromatic carbocycles. The number of H-pyrrole nitrogens is 1. The molecule has 4 rings (SSSR count). The van der Waals surface area contributed by atoms with Crippen LogP contribution < -0.4 is 5.32 Å². The van der Waals surface area contributed by atoms with E-state index in [1.807, 2.05) is 43.3 Å². The second-order valence-corrected chi connectivity index (χ2v) is 11.9. The van der Waals surface area contributed by atoms with Crippen LogP contribution in [-0.4, -0.2) is 37.6 Å². The van der Waals surface area contributed by atoms with Crippen LogP contribution in [0.15, 0.2) is 79.0 Å². The summed E-state index contributed by atoms with van der Waals surface area (Å²) in [5.41, 5.74) is 2.91. The van der Waals surface area contributed by atoms with E-state index in [4.69, 9.17) is 17.5 Å². The Morgan fingerprint density at radius 3 is 2.43 bits per heavy atom. The Kier molecular flexibility index (Phi) is 11.7. The van der Waals surface area contributed by atoms with Crippen LogP contribution in [0.5, 0.6) is 0 Å². The van der Waals surface area contributed by atoms with Gasteiger partial charge in [0.1, 0.15) is 5.82 Å². The van der Waals surface area contributed by atoms with Crippen molar-refractivity contribution in [2.45, 2.75) is 59.2 Å². The second kappa shape index (κ2) is 15.7. The molecule has 46 heavy (non-hydrogen) atoms. The first-order valence-electron chi connectivity index (χ1n) is 15.1. The zero-order valence-electron chi connectivity index (χ0n) is 26.1. The van der Waals surface area contributed by atoms with Gasteiger partial charge in [-0.3, -0.25) is 4.79 Å². The van der Waals surface area contributed by atoms with E-state index in [0.29, 0.717) is 48.1 Å². The fourth-order valence-electron chi connectivity index (χ4n) is 5.06. The molecule has 0 saturated heterocycles. The number of nitrogens with zero attached hydrogens (tertiary/aromatic N) is 4. The van der Waals surface area contributed by atoms with Crippen LogP contribution in [-0.2, 0) is 30.4 Å². The number of carbonyl (C=O) groups excluding carboxylic acids is 1. The van der Waals surface area contributed by atoms with Crippen molar-refractivity contribution in [1.29, 1.82) is 5.26 Å². The maximum absolute atomic E-state index is 14.1. The van der Waals surface area contributed by atoms with Gasteiger partial charge in [-0.05, 0) is 78.9 Å². The molecule has 1 heterocycles. The molecule has 7 nitrogen and oxygen atoms in total. The van der Waals surface area contributed by atoms with E-state index in [-0.39, 0.29) is 23.6 Å². The first-order valence-corrected chi connectivity index (χ1v) is 15.5. The van der Waals surface area contributed by atoms with Crippen molar-refractivity contribution in [2.24, 2.45) is 5.92 Å². The molecule has 0 spiro atoms. The minimum Gasteiger partial charge on any atom is -0.345 e. The van der Waals surface area contributed by atoms with Crippen LogP contribution in [0, 0.1) is 24.2 Å². The normalized spacial score (nSPS) is 11.5. The highest BCUT2D eigenvalue weighted by molar-refractivity contribution is 7.80. The van der Waals surface area contributed by atoms with Gasteiger partial charge in [0.2, 0.25) is 5.91 Å². The van der Waals surface area contributed by atoms with Gasteiger partial charge in [-0.15, -0.1) is 0 Å². The summed E-state index contributed by atoms with van der Waals surface area (Å²) in [5, 5.41) is 15.2. The number of aromatic amines is 1. The number of aryl methyl sites for hydroxylation is 1. The number of alkyl halides is 3. The third kappa shape index (κ3) is 9.49. The van der Waals surface area contributed by atoms with E-state index in [9.17, 15) is 18.0 Å². The lowest BCUT2D eigenvalue weighted by Crippen LogP contribution is -2.52. The minimum atomic E-state index is -4.56. The van der Waals surface area contributed by atoms with E-state index >= 15 is 0 Å². The average Bonchev–Trinajstić information content (AvgIpc) is 3.44. The molecule has 0 atom stereocenters. The third-order valence-electron chi connectivity index (χ3n) is 7.45. The summed E-state index contributed by atoms with van der Waals surface area (Å²) in [7, 11) is 0. The fourth-order valence-corrected chi connectivity index (χ4v) is 5.38. The van der Waals surface area contributed by atoms with Crippen LogP contribution in [0.1, 0.15) is 66.0 Å². The van der Waals surface area contributed by atoms with Crippen molar-refractivity contribution >= 4 is 28.9 Å². The fraction of sp³-hybridized carbons (Fsp3) is 0.314. The molecular formula is C35H37F3N6OS. The van der Waals surface area contributed by atoms with Gasteiger partial charge < -0.3 is 10.3 Å². The molecule has 4 aromatic rings. The summed E-state index contributed by atoms with van der Waals surface area (Å²) in [6, 6.07) is 22.1. The third-order valence-corrected chi connectivity index (χ3v) is 7.72. The Bertz CT molecular complexity index is 1680. The molecule has 11 heteroatoms. The standard InChI is InChI=1S/C35H37F3N6OS/c1-24(2)9-8-18-43(23-28-11-5-6-12-30(28)35(36,37)38)44(34(46)42-31-13-7-4-10-25(31)3)33(45)20-29-22-40-32(41-29)19-26-14-16-27(21-39)17-15-26/h4-7,10-17,22,24H,8-9,18-20,23H2,1-3H3,(H,40,41)(H,42,46). The number of nitriles is 1. The SMILES string of the molecule is Cc1ccccc1NC(=S)N(C(=O)Cc1cnc(Cc2ccc(C#N)cc2)[nH]1)N(CCCC(C)C)Cc1ccccc1C(F)(F)F. The van der Waals surface area contributed by atoms with Gasteiger partial charge in [-0.2, -0.15) is 18.4 Å². The van der Waals surface area contributed by atoms with Gasteiger partial charge in [0.05, 0.1) is 23.6 Å². The highest BCUT2D eigenvalue weighted by Crippen LogP contribution is 2.33. The Morgan fingerprint density at radius 2 is 1.76 bits per heavy atom. The number of hydrogen-bond acceptors (Lipinski definition) is 5. The van der Waals surface area contributed by atoms with E-state index in [2.05, 4.69) is 35.2 Å². The van der Waals surface area contributed by atoms with Gasteiger partial charge in [0.15, 0.2) is 5.11 Å². The second-order valence-electron chi connectivity index (χ2n) is 11.5. The van der Waals surface area contributed by atoms with E-state index in [0.717, 1.165) is 23.6 Å². The van der Waals surface area contributed by atoms with Crippen molar-refractivity contribution in [3.8, 4) is 6.07 Å². The van der Waals surface area contributed by atoms with Crippen molar-refractivity contribution < 1.29 is 18.0 Å². The van der Waals surface area contributed by atoms with Gasteiger partial charge >= 0.3 is 6.18 Å². The number of para-hydroxylation sites is 1. The number of amides is 1. The lowest BCUT2D eigenvalue weighted by atomic mass is 10.1. The summed E-state index contributed by atoms with van der Waals surface area (Å²) in [4.78, 5) is 21.8.